The summed E-state index contributed by atoms with van der Waals surface area (Å²) in [5.41, 5.74) is 0.112. The summed E-state index contributed by atoms with van der Waals surface area (Å²) in [4.78, 5) is 10.7. The summed E-state index contributed by atoms with van der Waals surface area (Å²) >= 11 is 1.94. The number of carbonyl (C=O) groups is 1. The largest absolute Gasteiger partial charge is 0.476 e. The number of aromatic amines is 1. The van der Waals surface area contributed by atoms with Gasteiger partial charge in [-0.2, -0.15) is 5.10 Å². The van der Waals surface area contributed by atoms with E-state index in [1.165, 1.54) is 6.07 Å². The molecule has 0 saturated heterocycles. The number of nitrogens with one attached hydrogen (secondary N) is 1. The zero-order valence-corrected chi connectivity index (χ0v) is 8.87. The van der Waals surface area contributed by atoms with Crippen LogP contribution in [0.4, 0.5) is 4.39 Å². The lowest BCUT2D eigenvalue weighted by Crippen LogP contribution is -1.98. The van der Waals surface area contributed by atoms with Crippen LogP contribution in [0.25, 0.3) is 10.9 Å². The highest BCUT2D eigenvalue weighted by molar-refractivity contribution is 14.1. The molecule has 0 radical (unpaired) electrons. The van der Waals surface area contributed by atoms with Crippen molar-refractivity contribution in [3.8, 4) is 0 Å². The summed E-state index contributed by atoms with van der Waals surface area (Å²) in [5, 5.41) is 14.7. The van der Waals surface area contributed by atoms with Crippen molar-refractivity contribution < 1.29 is 14.3 Å². The average Bonchev–Trinajstić information content (AvgIpc) is 2.47. The standard InChI is InChI=1S/C8H4FIN2O2/c9-4-1-3(10)2-5-6(4)7(8(13)14)12-11-5/h1-2H,(H,11,12)(H,13,14). The second kappa shape index (κ2) is 3.19. The molecule has 6 heteroatoms. The molecule has 0 saturated carbocycles. The molecule has 14 heavy (non-hydrogen) atoms. The van der Waals surface area contributed by atoms with E-state index in [1.807, 2.05) is 22.6 Å². The van der Waals surface area contributed by atoms with Gasteiger partial charge in [0.2, 0.25) is 0 Å². The molecule has 72 valence electrons. The van der Waals surface area contributed by atoms with E-state index in [2.05, 4.69) is 10.2 Å². The lowest BCUT2D eigenvalue weighted by molar-refractivity contribution is 0.0692. The fourth-order valence-corrected chi connectivity index (χ4v) is 1.81. The lowest BCUT2D eigenvalue weighted by atomic mass is 10.2. The Morgan fingerprint density at radius 3 is 2.93 bits per heavy atom. The molecule has 0 aliphatic carbocycles. The Labute approximate surface area is 91.3 Å². The van der Waals surface area contributed by atoms with Crippen molar-refractivity contribution in [2.45, 2.75) is 0 Å². The highest BCUT2D eigenvalue weighted by Crippen LogP contribution is 2.22. The molecule has 2 N–H and O–H groups in total. The Hall–Kier alpha value is -1.18. The van der Waals surface area contributed by atoms with Gasteiger partial charge in [0.05, 0.1) is 10.9 Å². The fourth-order valence-electron chi connectivity index (χ4n) is 1.23. The second-order valence-electron chi connectivity index (χ2n) is 2.69. The zero-order valence-electron chi connectivity index (χ0n) is 6.71. The number of fused-ring (bicyclic) bond motifs is 1. The van der Waals surface area contributed by atoms with Crippen molar-refractivity contribution in [2.75, 3.05) is 0 Å². The van der Waals surface area contributed by atoms with Crippen molar-refractivity contribution in [3.05, 3.63) is 27.2 Å². The van der Waals surface area contributed by atoms with Gasteiger partial charge in [-0.25, -0.2) is 9.18 Å². The monoisotopic (exact) mass is 306 g/mol. The minimum Gasteiger partial charge on any atom is -0.476 e. The van der Waals surface area contributed by atoms with E-state index in [9.17, 15) is 9.18 Å². The number of carboxylic acid groups (broad SMARTS) is 1. The minimum atomic E-state index is -1.24. The third-order valence-corrected chi connectivity index (χ3v) is 2.41. The highest BCUT2D eigenvalue weighted by atomic mass is 127. The summed E-state index contributed by atoms with van der Waals surface area (Å²) in [6, 6.07) is 2.91. The van der Waals surface area contributed by atoms with Crippen LogP contribution < -0.4 is 0 Å². The van der Waals surface area contributed by atoms with Gasteiger partial charge in [0, 0.05) is 3.57 Å². The van der Waals surface area contributed by atoms with E-state index in [1.54, 1.807) is 6.07 Å². The van der Waals surface area contributed by atoms with E-state index in [4.69, 9.17) is 5.11 Å². The number of hydrogen-bond acceptors (Lipinski definition) is 2. The van der Waals surface area contributed by atoms with Gasteiger partial charge in [-0.3, -0.25) is 5.10 Å². The highest BCUT2D eigenvalue weighted by Gasteiger charge is 2.16. The smallest absolute Gasteiger partial charge is 0.357 e. The van der Waals surface area contributed by atoms with Crippen molar-refractivity contribution >= 4 is 39.5 Å². The maximum absolute atomic E-state index is 13.4. The van der Waals surface area contributed by atoms with Crippen LogP contribution in [-0.4, -0.2) is 21.3 Å². The number of H-pyrrole nitrogens is 1. The molecule has 0 aliphatic heterocycles. The molecule has 0 spiro atoms. The molecular formula is C8H4FIN2O2. The molecule has 1 heterocycles. The molecule has 1 aromatic carbocycles. The van der Waals surface area contributed by atoms with Crippen LogP contribution in [0.1, 0.15) is 10.5 Å². The second-order valence-corrected chi connectivity index (χ2v) is 3.93. The predicted octanol–water partition coefficient (Wildman–Crippen LogP) is 2.00. The van der Waals surface area contributed by atoms with Gasteiger partial charge in [-0.05, 0) is 34.7 Å². The molecule has 0 bridgehead atoms. The average molecular weight is 306 g/mol. The Balaban J connectivity index is 2.85. The van der Waals surface area contributed by atoms with Crippen LogP contribution in [0.15, 0.2) is 12.1 Å². The SMILES string of the molecule is O=C(O)c1n[nH]c2cc(I)cc(F)c12. The van der Waals surface area contributed by atoms with Crippen LogP contribution in [0.2, 0.25) is 0 Å². The molecule has 0 atom stereocenters. The Morgan fingerprint density at radius 2 is 2.29 bits per heavy atom. The number of aromatic nitrogens is 2. The number of benzene rings is 1. The minimum absolute atomic E-state index is 0.0258. The maximum Gasteiger partial charge on any atom is 0.357 e. The van der Waals surface area contributed by atoms with Gasteiger partial charge in [-0.1, -0.05) is 0 Å². The van der Waals surface area contributed by atoms with Gasteiger partial charge >= 0.3 is 5.97 Å². The third-order valence-electron chi connectivity index (χ3n) is 1.78. The maximum atomic E-state index is 13.4. The van der Waals surface area contributed by atoms with Crippen molar-refractivity contribution in [3.63, 3.8) is 0 Å². The van der Waals surface area contributed by atoms with Gasteiger partial charge in [0.25, 0.3) is 0 Å². The summed E-state index contributed by atoms with van der Waals surface area (Å²) < 4.78 is 14.1. The van der Waals surface area contributed by atoms with E-state index in [-0.39, 0.29) is 11.1 Å². The molecule has 4 nitrogen and oxygen atoms in total. The van der Waals surface area contributed by atoms with Crippen LogP contribution in [0.5, 0.6) is 0 Å². The first-order valence-corrected chi connectivity index (χ1v) is 4.74. The number of carboxylic acids is 1. The number of aromatic carboxylic acids is 1. The molecular weight excluding hydrogens is 302 g/mol. The fraction of sp³-hybridized carbons (Fsp3) is 0. The first kappa shape index (κ1) is 9.38. The van der Waals surface area contributed by atoms with Crippen molar-refractivity contribution in [1.82, 2.24) is 10.2 Å². The van der Waals surface area contributed by atoms with Gasteiger partial charge in [0.15, 0.2) is 5.69 Å². The molecule has 2 aromatic rings. The first-order chi connectivity index (χ1) is 6.59. The molecule has 0 fully saturated rings. The molecule has 0 amide bonds. The molecule has 2 rings (SSSR count). The molecule has 0 unspecified atom stereocenters. The predicted molar refractivity (Wildman–Crippen MR) is 55.7 cm³/mol. The molecule has 0 aliphatic rings. The van der Waals surface area contributed by atoms with E-state index >= 15 is 0 Å². The van der Waals surface area contributed by atoms with E-state index in [0.29, 0.717) is 9.09 Å². The van der Waals surface area contributed by atoms with Gasteiger partial charge in [-0.15, -0.1) is 0 Å². The van der Waals surface area contributed by atoms with Gasteiger partial charge in [0.1, 0.15) is 5.82 Å². The summed E-state index contributed by atoms with van der Waals surface area (Å²) in [6.07, 6.45) is 0. The topological polar surface area (TPSA) is 66.0 Å². The summed E-state index contributed by atoms with van der Waals surface area (Å²) in [5.74, 6) is -1.81. The summed E-state index contributed by atoms with van der Waals surface area (Å²) in [7, 11) is 0. The quantitative estimate of drug-likeness (QED) is 0.792. The van der Waals surface area contributed by atoms with E-state index < -0.39 is 11.8 Å². The number of rotatable bonds is 1. The third kappa shape index (κ3) is 1.35. The number of halogens is 2. The Kier molecular flexibility index (Phi) is 2.14. The van der Waals surface area contributed by atoms with Crippen LogP contribution in [0, 0.1) is 9.39 Å². The Bertz CT molecular complexity index is 523. The first-order valence-electron chi connectivity index (χ1n) is 3.66. The van der Waals surface area contributed by atoms with Crippen LogP contribution in [0.3, 0.4) is 0 Å². The zero-order chi connectivity index (χ0) is 10.3. The van der Waals surface area contributed by atoms with Gasteiger partial charge < -0.3 is 5.11 Å². The normalized spacial score (nSPS) is 10.7. The Morgan fingerprint density at radius 1 is 1.57 bits per heavy atom. The van der Waals surface area contributed by atoms with Crippen LogP contribution >= 0.6 is 22.6 Å². The summed E-state index contributed by atoms with van der Waals surface area (Å²) in [6.45, 7) is 0. The lowest BCUT2D eigenvalue weighted by Gasteiger charge is -1.94. The van der Waals surface area contributed by atoms with Crippen molar-refractivity contribution in [1.29, 1.82) is 0 Å². The van der Waals surface area contributed by atoms with Crippen molar-refractivity contribution in [2.24, 2.45) is 0 Å². The number of hydrogen-bond donors (Lipinski definition) is 2. The molecule has 1 aromatic heterocycles. The number of nitrogens with zero attached hydrogens (tertiary/aromatic N) is 1. The van der Waals surface area contributed by atoms with Crippen LogP contribution in [-0.2, 0) is 0 Å². The van der Waals surface area contributed by atoms with E-state index in [0.717, 1.165) is 0 Å².